The Labute approximate surface area is 217 Å². The molecule has 0 saturated heterocycles. The molecule has 0 fully saturated rings. The fraction of sp³-hybridized carbons (Fsp3) is 0.480. The van der Waals surface area contributed by atoms with Crippen molar-refractivity contribution in [3.63, 3.8) is 0 Å². The molecule has 200 valence electrons. The number of aryl methyl sites for hydroxylation is 1. The molecular weight excluding hydrogens is 474 g/mol. The fourth-order valence-electron chi connectivity index (χ4n) is 3.22. The molecule has 12 nitrogen and oxygen atoms in total. The average Bonchev–Trinajstić information content (AvgIpc) is 3.41. The van der Waals surface area contributed by atoms with Crippen molar-refractivity contribution in [1.82, 2.24) is 29.8 Å². The highest BCUT2D eigenvalue weighted by atomic mass is 16.5. The molecule has 2 heterocycles. The molecule has 1 aromatic carbocycles. The van der Waals surface area contributed by atoms with Gasteiger partial charge in [0, 0.05) is 50.2 Å². The zero-order chi connectivity index (χ0) is 26.1. The van der Waals surface area contributed by atoms with Gasteiger partial charge in [-0.1, -0.05) is 18.2 Å². The first-order valence-electron chi connectivity index (χ1n) is 12.5. The monoisotopic (exact) mass is 511 g/mol. The Morgan fingerprint density at radius 3 is 2.24 bits per heavy atom. The summed E-state index contributed by atoms with van der Waals surface area (Å²) in [5.74, 6) is 1.40. The highest BCUT2D eigenvalue weighted by molar-refractivity contribution is 5.94. The van der Waals surface area contributed by atoms with Crippen LogP contribution in [0.25, 0.3) is 0 Å². The van der Waals surface area contributed by atoms with Gasteiger partial charge in [-0.3, -0.25) is 4.79 Å². The van der Waals surface area contributed by atoms with Gasteiger partial charge in [0.15, 0.2) is 0 Å². The fourth-order valence-corrected chi connectivity index (χ4v) is 3.22. The number of amides is 1. The maximum Gasteiger partial charge on any atom is 0.251 e. The van der Waals surface area contributed by atoms with E-state index in [2.05, 4.69) is 41.2 Å². The lowest BCUT2D eigenvalue weighted by molar-refractivity contribution is 0.0519. The van der Waals surface area contributed by atoms with Crippen molar-refractivity contribution in [3.05, 3.63) is 54.6 Å². The Bertz CT molecular complexity index is 1030. The second-order valence-electron chi connectivity index (χ2n) is 8.46. The molecule has 0 aliphatic carbocycles. The Kier molecular flexibility index (Phi) is 12.1. The van der Waals surface area contributed by atoms with Crippen molar-refractivity contribution in [1.29, 1.82) is 0 Å². The number of carbonyl (C=O) groups excluding carboxylic acids is 1. The van der Waals surface area contributed by atoms with Crippen molar-refractivity contribution >= 4 is 23.8 Å². The van der Waals surface area contributed by atoms with E-state index < -0.39 is 0 Å². The van der Waals surface area contributed by atoms with Crippen LogP contribution in [-0.4, -0.2) is 82.5 Å². The summed E-state index contributed by atoms with van der Waals surface area (Å²) in [6.07, 6.45) is 6.42. The lowest BCUT2D eigenvalue weighted by Crippen LogP contribution is -2.27. The Hall–Kier alpha value is -3.77. The van der Waals surface area contributed by atoms with Crippen molar-refractivity contribution in [2.45, 2.75) is 32.9 Å². The van der Waals surface area contributed by atoms with Crippen molar-refractivity contribution < 1.29 is 14.3 Å². The van der Waals surface area contributed by atoms with Gasteiger partial charge in [0.25, 0.3) is 5.91 Å². The smallest absolute Gasteiger partial charge is 0.251 e. The summed E-state index contributed by atoms with van der Waals surface area (Å²) in [4.78, 5) is 29.3. The first-order chi connectivity index (χ1) is 18.1. The number of aromatic nitrogens is 5. The summed E-state index contributed by atoms with van der Waals surface area (Å²) in [7, 11) is 0. The SMILES string of the molecule is CC(C)Nc1nc(NCCCn2ccnc2)nc(NCCOCCOCCNC(=O)c2ccccc2)n1. The van der Waals surface area contributed by atoms with Crippen molar-refractivity contribution in [2.24, 2.45) is 0 Å². The zero-order valence-electron chi connectivity index (χ0n) is 21.5. The molecule has 0 saturated carbocycles. The van der Waals surface area contributed by atoms with Gasteiger partial charge >= 0.3 is 0 Å². The van der Waals surface area contributed by atoms with Crippen LogP contribution in [0.2, 0.25) is 0 Å². The molecule has 0 aliphatic heterocycles. The van der Waals surface area contributed by atoms with Crippen LogP contribution in [-0.2, 0) is 16.0 Å². The van der Waals surface area contributed by atoms with E-state index in [-0.39, 0.29) is 11.9 Å². The van der Waals surface area contributed by atoms with Crippen LogP contribution < -0.4 is 21.3 Å². The molecule has 1 amide bonds. The third kappa shape index (κ3) is 11.2. The van der Waals surface area contributed by atoms with Crippen molar-refractivity contribution in [3.8, 4) is 0 Å². The van der Waals surface area contributed by atoms with E-state index in [1.54, 1.807) is 24.7 Å². The summed E-state index contributed by atoms with van der Waals surface area (Å²) < 4.78 is 13.1. The van der Waals surface area contributed by atoms with Crippen LogP contribution in [0.15, 0.2) is 49.1 Å². The highest BCUT2D eigenvalue weighted by Crippen LogP contribution is 2.10. The van der Waals surface area contributed by atoms with E-state index in [0.717, 1.165) is 19.5 Å². The number of hydrogen-bond donors (Lipinski definition) is 4. The predicted molar refractivity (Wildman–Crippen MR) is 143 cm³/mol. The molecule has 3 rings (SSSR count). The van der Waals surface area contributed by atoms with Crippen LogP contribution in [0.1, 0.15) is 30.6 Å². The van der Waals surface area contributed by atoms with E-state index in [0.29, 0.717) is 62.9 Å². The average molecular weight is 512 g/mol. The molecule has 0 radical (unpaired) electrons. The summed E-state index contributed by atoms with van der Waals surface area (Å²) in [5.41, 5.74) is 0.636. The molecule has 0 aliphatic rings. The molecule has 37 heavy (non-hydrogen) atoms. The minimum Gasteiger partial charge on any atom is -0.377 e. The Morgan fingerprint density at radius 1 is 0.892 bits per heavy atom. The third-order valence-electron chi connectivity index (χ3n) is 4.96. The van der Waals surface area contributed by atoms with Crippen LogP contribution in [0.4, 0.5) is 17.8 Å². The number of anilines is 3. The largest absolute Gasteiger partial charge is 0.377 e. The number of nitrogens with one attached hydrogen (secondary N) is 4. The second kappa shape index (κ2) is 16.1. The van der Waals surface area contributed by atoms with Crippen LogP contribution in [0.5, 0.6) is 0 Å². The second-order valence-corrected chi connectivity index (χ2v) is 8.46. The highest BCUT2D eigenvalue weighted by Gasteiger charge is 2.08. The van der Waals surface area contributed by atoms with E-state index in [4.69, 9.17) is 9.47 Å². The maximum absolute atomic E-state index is 11.9. The number of ether oxygens (including phenoxy) is 2. The Morgan fingerprint density at radius 2 is 1.57 bits per heavy atom. The van der Waals surface area contributed by atoms with Gasteiger partial charge in [0.2, 0.25) is 17.8 Å². The van der Waals surface area contributed by atoms with Gasteiger partial charge in [-0.25, -0.2) is 4.98 Å². The lowest BCUT2D eigenvalue weighted by atomic mass is 10.2. The summed E-state index contributed by atoms with van der Waals surface area (Å²) in [6.45, 7) is 8.43. The first-order valence-corrected chi connectivity index (χ1v) is 12.5. The number of rotatable bonds is 18. The zero-order valence-corrected chi connectivity index (χ0v) is 21.5. The number of benzene rings is 1. The van der Waals surface area contributed by atoms with Gasteiger partial charge in [0.05, 0.1) is 32.8 Å². The van der Waals surface area contributed by atoms with Gasteiger partial charge in [-0.2, -0.15) is 15.0 Å². The first kappa shape index (κ1) is 27.8. The number of nitrogens with zero attached hydrogens (tertiary/aromatic N) is 5. The van der Waals surface area contributed by atoms with Gasteiger partial charge in [-0.15, -0.1) is 0 Å². The Balaban J connectivity index is 1.28. The van der Waals surface area contributed by atoms with E-state index >= 15 is 0 Å². The summed E-state index contributed by atoms with van der Waals surface area (Å²) in [5, 5.41) is 12.5. The van der Waals surface area contributed by atoms with E-state index in [1.807, 2.05) is 42.8 Å². The molecule has 2 aromatic heterocycles. The summed E-state index contributed by atoms with van der Waals surface area (Å²) in [6, 6.07) is 9.29. The third-order valence-corrected chi connectivity index (χ3v) is 4.96. The van der Waals surface area contributed by atoms with Crippen LogP contribution in [0.3, 0.4) is 0 Å². The van der Waals surface area contributed by atoms with E-state index in [1.165, 1.54) is 0 Å². The van der Waals surface area contributed by atoms with Gasteiger partial charge < -0.3 is 35.3 Å². The number of hydrogen-bond acceptors (Lipinski definition) is 10. The van der Waals surface area contributed by atoms with Gasteiger partial charge in [0.1, 0.15) is 0 Å². The molecular formula is C25H37N9O3. The maximum atomic E-state index is 11.9. The standard InChI is InChI=1S/C25H37N9O3/c1-20(2)30-25-32-23(28-9-6-13-34-14-10-26-19-34)31-24(33-25)29-12-16-37-18-17-36-15-11-27-22(35)21-7-4-3-5-8-21/h3-5,7-8,10,14,19-20H,6,9,11-13,15-18H2,1-2H3,(H,27,35)(H3,28,29,30,31,32,33). The van der Waals surface area contributed by atoms with Crippen molar-refractivity contribution in [2.75, 3.05) is 62.0 Å². The number of imidazole rings is 1. The topological polar surface area (TPSA) is 140 Å². The predicted octanol–water partition coefficient (Wildman–Crippen LogP) is 2.27. The molecule has 3 aromatic rings. The van der Waals surface area contributed by atoms with Crippen LogP contribution >= 0.6 is 0 Å². The molecule has 0 unspecified atom stereocenters. The molecule has 12 heteroatoms. The lowest BCUT2D eigenvalue weighted by Gasteiger charge is -2.13. The molecule has 0 spiro atoms. The molecule has 0 bridgehead atoms. The molecule has 4 N–H and O–H groups in total. The minimum absolute atomic E-state index is 0.107. The minimum atomic E-state index is -0.107. The van der Waals surface area contributed by atoms with Crippen LogP contribution in [0, 0.1) is 0 Å². The van der Waals surface area contributed by atoms with E-state index in [9.17, 15) is 4.79 Å². The molecule has 0 atom stereocenters. The van der Waals surface area contributed by atoms with Gasteiger partial charge in [-0.05, 0) is 32.4 Å². The normalized spacial score (nSPS) is 10.9. The number of carbonyl (C=O) groups is 1. The summed E-state index contributed by atoms with van der Waals surface area (Å²) >= 11 is 0. The quantitative estimate of drug-likeness (QED) is 0.188.